The number of nitrogens with zero attached hydrogens (tertiary/aromatic N) is 2. The van der Waals surface area contributed by atoms with Crippen molar-refractivity contribution < 1.29 is 14.3 Å². The third kappa shape index (κ3) is 5.55. The van der Waals surface area contributed by atoms with Gasteiger partial charge in [0, 0.05) is 34.0 Å². The molecule has 174 valence electrons. The first kappa shape index (κ1) is 23.3. The van der Waals surface area contributed by atoms with Crippen molar-refractivity contribution in [3.63, 3.8) is 0 Å². The van der Waals surface area contributed by atoms with E-state index in [4.69, 9.17) is 9.47 Å². The van der Waals surface area contributed by atoms with Crippen LogP contribution >= 0.6 is 11.3 Å². The molecular weight excluding hydrogens is 446 g/mol. The first-order valence-electron chi connectivity index (χ1n) is 11.0. The first-order chi connectivity index (χ1) is 16.5. The van der Waals surface area contributed by atoms with Crippen molar-refractivity contribution in [3.05, 3.63) is 94.9 Å². The van der Waals surface area contributed by atoms with Gasteiger partial charge in [0.2, 0.25) is 0 Å². The number of rotatable bonds is 9. The van der Waals surface area contributed by atoms with Gasteiger partial charge in [0.15, 0.2) is 11.5 Å². The number of para-hydroxylation sites is 1. The molecule has 0 fully saturated rings. The summed E-state index contributed by atoms with van der Waals surface area (Å²) in [4.78, 5) is 19.5. The van der Waals surface area contributed by atoms with Gasteiger partial charge in [0.1, 0.15) is 6.61 Å². The fraction of sp³-hybridized carbons (Fsp3) is 0.185. The van der Waals surface area contributed by atoms with E-state index < -0.39 is 0 Å². The Labute approximate surface area is 203 Å². The molecule has 1 N–H and O–H groups in total. The number of aromatic nitrogens is 1. The highest BCUT2D eigenvalue weighted by atomic mass is 32.1. The highest BCUT2D eigenvalue weighted by Crippen LogP contribution is 2.31. The van der Waals surface area contributed by atoms with Gasteiger partial charge in [0.05, 0.1) is 18.3 Å². The average molecular weight is 474 g/mol. The summed E-state index contributed by atoms with van der Waals surface area (Å²) < 4.78 is 11.4. The predicted octanol–water partition coefficient (Wildman–Crippen LogP) is 6.53. The maximum Gasteiger partial charge on any atom is 0.258 e. The molecule has 7 heteroatoms. The Morgan fingerprint density at radius 3 is 2.38 bits per heavy atom. The highest BCUT2D eigenvalue weighted by Gasteiger charge is 2.22. The molecular formula is C27H27N3O3S. The van der Waals surface area contributed by atoms with Gasteiger partial charge in [-0.1, -0.05) is 18.2 Å². The van der Waals surface area contributed by atoms with Crippen LogP contribution in [-0.4, -0.2) is 24.0 Å². The van der Waals surface area contributed by atoms with Gasteiger partial charge in [-0.05, 0) is 68.4 Å². The van der Waals surface area contributed by atoms with Crippen LogP contribution in [0.3, 0.4) is 0 Å². The second kappa shape index (κ2) is 10.9. The number of benzene rings is 3. The summed E-state index contributed by atoms with van der Waals surface area (Å²) in [6, 6.07) is 23.0. The van der Waals surface area contributed by atoms with Gasteiger partial charge in [-0.3, -0.25) is 4.79 Å². The Hall–Kier alpha value is -3.84. The van der Waals surface area contributed by atoms with E-state index in [1.807, 2.05) is 73.8 Å². The summed E-state index contributed by atoms with van der Waals surface area (Å²) in [5.74, 6) is 0.967. The Morgan fingerprint density at radius 2 is 1.74 bits per heavy atom. The number of carbonyl (C=O) groups is 1. The quantitative estimate of drug-likeness (QED) is 0.299. The van der Waals surface area contributed by atoms with E-state index in [0.717, 1.165) is 22.8 Å². The van der Waals surface area contributed by atoms with E-state index in [2.05, 4.69) is 10.3 Å². The molecule has 1 aromatic heterocycles. The molecule has 3 aromatic carbocycles. The average Bonchev–Trinajstić information content (AvgIpc) is 3.38. The van der Waals surface area contributed by atoms with Gasteiger partial charge >= 0.3 is 0 Å². The van der Waals surface area contributed by atoms with Gasteiger partial charge in [0.25, 0.3) is 5.91 Å². The minimum atomic E-state index is -0.108. The first-order valence-corrected chi connectivity index (χ1v) is 11.9. The smallest absolute Gasteiger partial charge is 0.258 e. The molecule has 0 spiro atoms. The molecule has 0 aliphatic carbocycles. The number of anilines is 3. The standard InChI is InChI=1S/C27H27N3O3S/c1-19(2)30(24-12-10-22(11-13-24)29-21-7-5-4-6-8-21)27(31)20-9-14-25(26(15-20)32-3)33-16-23-17-34-18-28-23/h4-15,17-19,29H,16H2,1-3H3. The third-order valence-electron chi connectivity index (χ3n) is 5.21. The molecule has 1 amide bonds. The van der Waals surface area contributed by atoms with E-state index in [-0.39, 0.29) is 11.9 Å². The molecule has 0 radical (unpaired) electrons. The van der Waals surface area contributed by atoms with E-state index in [1.165, 1.54) is 11.3 Å². The van der Waals surface area contributed by atoms with Crippen molar-refractivity contribution in [2.75, 3.05) is 17.3 Å². The van der Waals surface area contributed by atoms with Crippen LogP contribution in [0.2, 0.25) is 0 Å². The largest absolute Gasteiger partial charge is 0.493 e. The number of hydrogen-bond acceptors (Lipinski definition) is 6. The minimum absolute atomic E-state index is 0.0352. The molecule has 1 heterocycles. The van der Waals surface area contributed by atoms with Gasteiger partial charge < -0.3 is 19.7 Å². The van der Waals surface area contributed by atoms with Crippen LogP contribution in [0.4, 0.5) is 17.1 Å². The minimum Gasteiger partial charge on any atom is -0.493 e. The normalized spacial score (nSPS) is 10.7. The molecule has 34 heavy (non-hydrogen) atoms. The number of hydrogen-bond donors (Lipinski definition) is 1. The predicted molar refractivity (Wildman–Crippen MR) is 138 cm³/mol. The van der Waals surface area contributed by atoms with Crippen LogP contribution in [0, 0.1) is 0 Å². The van der Waals surface area contributed by atoms with Crippen molar-refractivity contribution in [2.45, 2.75) is 26.5 Å². The van der Waals surface area contributed by atoms with Crippen LogP contribution < -0.4 is 19.7 Å². The summed E-state index contributed by atoms with van der Waals surface area (Å²) in [6.45, 7) is 4.34. The van der Waals surface area contributed by atoms with Gasteiger partial charge in [-0.2, -0.15) is 0 Å². The number of nitrogens with one attached hydrogen (secondary N) is 1. The number of ether oxygens (including phenoxy) is 2. The van der Waals surface area contributed by atoms with E-state index in [0.29, 0.717) is 23.7 Å². The van der Waals surface area contributed by atoms with Gasteiger partial charge in [-0.25, -0.2) is 4.98 Å². The van der Waals surface area contributed by atoms with Crippen molar-refractivity contribution in [1.82, 2.24) is 4.98 Å². The number of amides is 1. The summed E-state index contributed by atoms with van der Waals surface area (Å²) in [5, 5.41) is 5.30. The highest BCUT2D eigenvalue weighted by molar-refractivity contribution is 7.07. The molecule has 0 bridgehead atoms. The van der Waals surface area contributed by atoms with Crippen LogP contribution in [-0.2, 0) is 6.61 Å². The lowest BCUT2D eigenvalue weighted by Crippen LogP contribution is -2.37. The Balaban J connectivity index is 1.52. The zero-order chi connectivity index (χ0) is 23.9. The van der Waals surface area contributed by atoms with Crippen molar-refractivity contribution in [2.24, 2.45) is 0 Å². The Morgan fingerprint density at radius 1 is 1.00 bits per heavy atom. The fourth-order valence-corrected chi connectivity index (χ4v) is 4.11. The zero-order valence-electron chi connectivity index (χ0n) is 19.4. The number of methoxy groups -OCH3 is 1. The monoisotopic (exact) mass is 473 g/mol. The summed E-state index contributed by atoms with van der Waals surface area (Å²) in [5.41, 5.74) is 5.93. The molecule has 0 aliphatic heterocycles. The molecule has 0 unspecified atom stereocenters. The maximum atomic E-state index is 13.5. The van der Waals surface area contributed by atoms with Crippen molar-refractivity contribution in [3.8, 4) is 11.5 Å². The van der Waals surface area contributed by atoms with Crippen LogP contribution in [0.1, 0.15) is 29.9 Å². The SMILES string of the molecule is COc1cc(C(=O)N(c2ccc(Nc3ccccc3)cc2)C(C)C)ccc1OCc1cscn1. The number of thiazole rings is 1. The van der Waals surface area contributed by atoms with E-state index in [1.54, 1.807) is 35.7 Å². The molecule has 0 aliphatic rings. The van der Waals surface area contributed by atoms with Crippen LogP contribution in [0.5, 0.6) is 11.5 Å². The number of carbonyl (C=O) groups excluding carboxylic acids is 1. The lowest BCUT2D eigenvalue weighted by atomic mass is 10.1. The maximum absolute atomic E-state index is 13.5. The summed E-state index contributed by atoms with van der Waals surface area (Å²) >= 11 is 1.52. The third-order valence-corrected chi connectivity index (χ3v) is 5.85. The molecule has 0 saturated carbocycles. The van der Waals surface area contributed by atoms with Crippen molar-refractivity contribution >= 4 is 34.3 Å². The second-order valence-electron chi connectivity index (χ2n) is 7.94. The Kier molecular flexibility index (Phi) is 7.44. The topological polar surface area (TPSA) is 63.7 Å². The lowest BCUT2D eigenvalue weighted by Gasteiger charge is -2.27. The van der Waals surface area contributed by atoms with Crippen LogP contribution in [0.25, 0.3) is 0 Å². The Bertz CT molecular complexity index is 1210. The zero-order valence-corrected chi connectivity index (χ0v) is 20.2. The van der Waals surface area contributed by atoms with Crippen molar-refractivity contribution in [1.29, 1.82) is 0 Å². The fourth-order valence-electron chi connectivity index (χ4n) is 3.56. The van der Waals surface area contributed by atoms with Gasteiger partial charge in [-0.15, -0.1) is 11.3 Å². The molecule has 0 saturated heterocycles. The van der Waals surface area contributed by atoms with Crippen LogP contribution in [0.15, 0.2) is 83.7 Å². The molecule has 4 rings (SSSR count). The molecule has 4 aromatic rings. The second-order valence-corrected chi connectivity index (χ2v) is 8.66. The lowest BCUT2D eigenvalue weighted by molar-refractivity contribution is 0.0980. The molecule has 6 nitrogen and oxygen atoms in total. The summed E-state index contributed by atoms with van der Waals surface area (Å²) in [7, 11) is 1.57. The molecule has 0 atom stereocenters. The van der Waals surface area contributed by atoms with E-state index in [9.17, 15) is 4.79 Å². The summed E-state index contributed by atoms with van der Waals surface area (Å²) in [6.07, 6.45) is 0. The van der Waals surface area contributed by atoms with E-state index >= 15 is 0 Å².